The van der Waals surface area contributed by atoms with Crippen LogP contribution in [0.4, 0.5) is 5.69 Å². The minimum Gasteiger partial charge on any atom is -0.350 e. The van der Waals surface area contributed by atoms with Gasteiger partial charge in [0, 0.05) is 23.5 Å². The molecule has 230 valence electrons. The van der Waals surface area contributed by atoms with Crippen molar-refractivity contribution in [2.45, 2.75) is 57.1 Å². The first-order chi connectivity index (χ1) is 20.8. The zero-order valence-corrected chi connectivity index (χ0v) is 27.0. The van der Waals surface area contributed by atoms with E-state index in [-0.39, 0.29) is 23.8 Å². The monoisotopic (exact) mass is 631 g/mol. The standard InChI is InChI=1S/C35H38ClN3O4S/c1-26-18-20-30(21-19-26)39(44(42,43)31-16-9-6-10-17-31)25-33(40)38(24-28-14-11-15-29(36)22-28)32(34(41)37-35(2,3)4)23-27-12-7-5-8-13-27/h5-22,32H,23-25H2,1-4H3,(H,37,41)/t32-/m1/s1. The van der Waals surface area contributed by atoms with Crippen LogP contribution in [-0.4, -0.2) is 43.3 Å². The van der Waals surface area contributed by atoms with Gasteiger partial charge in [-0.3, -0.25) is 13.9 Å². The maximum Gasteiger partial charge on any atom is 0.264 e. The van der Waals surface area contributed by atoms with E-state index in [4.69, 9.17) is 11.6 Å². The van der Waals surface area contributed by atoms with Crippen LogP contribution < -0.4 is 9.62 Å². The fourth-order valence-corrected chi connectivity index (χ4v) is 6.45. The van der Waals surface area contributed by atoms with Gasteiger partial charge in [0.1, 0.15) is 12.6 Å². The number of carbonyl (C=O) groups is 2. The van der Waals surface area contributed by atoms with Gasteiger partial charge >= 0.3 is 0 Å². The van der Waals surface area contributed by atoms with E-state index in [1.807, 2.05) is 64.1 Å². The van der Waals surface area contributed by atoms with E-state index in [0.717, 1.165) is 15.4 Å². The summed E-state index contributed by atoms with van der Waals surface area (Å²) in [4.78, 5) is 29.9. The van der Waals surface area contributed by atoms with Crippen LogP contribution in [0.15, 0.2) is 114 Å². The lowest BCUT2D eigenvalue weighted by molar-refractivity contribution is -0.140. The topological polar surface area (TPSA) is 86.8 Å². The second-order valence-corrected chi connectivity index (χ2v) is 14.1. The maximum atomic E-state index is 14.5. The Labute approximate surface area is 265 Å². The quantitative estimate of drug-likeness (QED) is 0.208. The highest BCUT2D eigenvalue weighted by Crippen LogP contribution is 2.26. The lowest BCUT2D eigenvalue weighted by atomic mass is 10.0. The van der Waals surface area contributed by atoms with Gasteiger partial charge in [0.2, 0.25) is 11.8 Å². The molecule has 2 amide bonds. The minimum atomic E-state index is -4.14. The summed E-state index contributed by atoms with van der Waals surface area (Å²) >= 11 is 6.30. The summed E-state index contributed by atoms with van der Waals surface area (Å²) in [7, 11) is -4.14. The van der Waals surface area contributed by atoms with Gasteiger partial charge in [-0.2, -0.15) is 0 Å². The summed E-state index contributed by atoms with van der Waals surface area (Å²) in [5.41, 5.74) is 2.29. The Morgan fingerprint density at radius 2 is 1.41 bits per heavy atom. The van der Waals surface area contributed by atoms with E-state index in [1.54, 1.807) is 60.7 Å². The summed E-state index contributed by atoms with van der Waals surface area (Å²) < 4.78 is 29.1. The molecule has 0 aliphatic carbocycles. The van der Waals surface area contributed by atoms with Crippen LogP contribution in [0.2, 0.25) is 5.02 Å². The fourth-order valence-electron chi connectivity index (χ4n) is 4.80. The van der Waals surface area contributed by atoms with Gasteiger partial charge in [-0.1, -0.05) is 90.0 Å². The highest BCUT2D eigenvalue weighted by Gasteiger charge is 2.35. The predicted molar refractivity (Wildman–Crippen MR) is 176 cm³/mol. The zero-order chi connectivity index (χ0) is 31.9. The third kappa shape index (κ3) is 8.71. The smallest absolute Gasteiger partial charge is 0.264 e. The van der Waals surface area contributed by atoms with Gasteiger partial charge < -0.3 is 10.2 Å². The number of carbonyl (C=O) groups excluding carboxylic acids is 2. The summed E-state index contributed by atoms with van der Waals surface area (Å²) in [6.45, 7) is 7.05. The van der Waals surface area contributed by atoms with Crippen molar-refractivity contribution in [2.24, 2.45) is 0 Å². The third-order valence-electron chi connectivity index (χ3n) is 6.94. The molecule has 0 saturated heterocycles. The number of anilines is 1. The molecule has 0 unspecified atom stereocenters. The van der Waals surface area contributed by atoms with Crippen molar-refractivity contribution >= 4 is 39.1 Å². The Hall–Kier alpha value is -4.14. The van der Waals surface area contributed by atoms with Crippen molar-refractivity contribution in [1.29, 1.82) is 0 Å². The lowest BCUT2D eigenvalue weighted by Gasteiger charge is -2.35. The van der Waals surface area contributed by atoms with E-state index in [1.165, 1.54) is 17.0 Å². The highest BCUT2D eigenvalue weighted by molar-refractivity contribution is 7.92. The molecule has 44 heavy (non-hydrogen) atoms. The van der Waals surface area contributed by atoms with Crippen LogP contribution in [-0.2, 0) is 32.6 Å². The number of nitrogens with one attached hydrogen (secondary N) is 1. The molecule has 0 fully saturated rings. The fraction of sp³-hybridized carbons (Fsp3) is 0.257. The van der Waals surface area contributed by atoms with Crippen molar-refractivity contribution in [1.82, 2.24) is 10.2 Å². The van der Waals surface area contributed by atoms with Gasteiger partial charge in [-0.05, 0) is 75.2 Å². The molecule has 0 radical (unpaired) electrons. The Morgan fingerprint density at radius 1 is 0.818 bits per heavy atom. The third-order valence-corrected chi connectivity index (χ3v) is 8.97. The summed E-state index contributed by atoms with van der Waals surface area (Å²) in [6.07, 6.45) is 0.227. The van der Waals surface area contributed by atoms with Gasteiger partial charge in [0.25, 0.3) is 10.0 Å². The number of rotatable bonds is 11. The molecule has 0 aromatic heterocycles. The first-order valence-corrected chi connectivity index (χ1v) is 16.2. The molecule has 4 rings (SSSR count). The zero-order valence-electron chi connectivity index (χ0n) is 25.4. The van der Waals surface area contributed by atoms with Crippen LogP contribution in [0, 0.1) is 6.92 Å². The summed E-state index contributed by atoms with van der Waals surface area (Å²) in [5, 5.41) is 3.52. The number of aryl methyl sites for hydroxylation is 1. The SMILES string of the molecule is Cc1ccc(N(CC(=O)N(Cc2cccc(Cl)c2)[C@H](Cc2ccccc2)C(=O)NC(C)(C)C)S(=O)(=O)c2ccccc2)cc1. The van der Waals surface area contributed by atoms with Gasteiger partial charge in [-0.15, -0.1) is 0 Å². The second-order valence-electron chi connectivity index (χ2n) is 11.8. The van der Waals surface area contributed by atoms with Gasteiger partial charge in [0.15, 0.2) is 0 Å². The van der Waals surface area contributed by atoms with Crippen LogP contribution in [0.5, 0.6) is 0 Å². The van der Waals surface area contributed by atoms with Crippen molar-refractivity contribution < 1.29 is 18.0 Å². The van der Waals surface area contributed by atoms with E-state index in [0.29, 0.717) is 16.3 Å². The van der Waals surface area contributed by atoms with Crippen LogP contribution in [0.1, 0.15) is 37.5 Å². The van der Waals surface area contributed by atoms with Crippen molar-refractivity contribution in [3.05, 3.63) is 131 Å². The Balaban J connectivity index is 1.81. The average Bonchev–Trinajstić information content (AvgIpc) is 2.98. The Bertz CT molecular complexity index is 1670. The molecule has 0 heterocycles. The lowest BCUT2D eigenvalue weighted by Crippen LogP contribution is -2.56. The average molecular weight is 632 g/mol. The summed E-state index contributed by atoms with van der Waals surface area (Å²) in [6, 6.07) is 30.5. The highest BCUT2D eigenvalue weighted by atomic mass is 35.5. The normalized spacial score (nSPS) is 12.3. The molecule has 0 aliphatic heterocycles. The van der Waals surface area contributed by atoms with Crippen molar-refractivity contribution in [3.63, 3.8) is 0 Å². The number of sulfonamides is 1. The van der Waals surface area contributed by atoms with E-state index >= 15 is 0 Å². The van der Waals surface area contributed by atoms with Crippen LogP contribution in [0.25, 0.3) is 0 Å². The first kappa shape index (κ1) is 32.8. The molecule has 9 heteroatoms. The largest absolute Gasteiger partial charge is 0.350 e. The molecule has 0 saturated carbocycles. The molecule has 7 nitrogen and oxygen atoms in total. The molecule has 1 N–H and O–H groups in total. The predicted octanol–water partition coefficient (Wildman–Crippen LogP) is 6.40. The summed E-state index contributed by atoms with van der Waals surface area (Å²) in [5.74, 6) is -0.875. The van der Waals surface area contributed by atoms with E-state index in [9.17, 15) is 18.0 Å². The first-order valence-electron chi connectivity index (χ1n) is 14.4. The number of nitrogens with zero attached hydrogens (tertiary/aromatic N) is 2. The second kappa shape index (κ2) is 14.1. The molecular formula is C35H38ClN3O4S. The number of hydrogen-bond donors (Lipinski definition) is 1. The number of hydrogen-bond acceptors (Lipinski definition) is 4. The molecule has 4 aromatic rings. The Morgan fingerprint density at radius 3 is 2.00 bits per heavy atom. The number of benzene rings is 4. The van der Waals surface area contributed by atoms with Gasteiger partial charge in [0.05, 0.1) is 10.6 Å². The van der Waals surface area contributed by atoms with Crippen LogP contribution >= 0.6 is 11.6 Å². The maximum absolute atomic E-state index is 14.5. The van der Waals surface area contributed by atoms with Crippen LogP contribution in [0.3, 0.4) is 0 Å². The number of halogens is 1. The number of amides is 2. The molecule has 0 aliphatic rings. The van der Waals surface area contributed by atoms with Crippen molar-refractivity contribution in [2.75, 3.05) is 10.8 Å². The molecule has 1 atom stereocenters. The van der Waals surface area contributed by atoms with E-state index < -0.39 is 34.1 Å². The minimum absolute atomic E-state index is 0.0432. The Kier molecular flexibility index (Phi) is 10.5. The molecule has 0 spiro atoms. The molecule has 0 bridgehead atoms. The molecular weight excluding hydrogens is 594 g/mol. The van der Waals surface area contributed by atoms with Gasteiger partial charge in [-0.25, -0.2) is 8.42 Å². The van der Waals surface area contributed by atoms with E-state index in [2.05, 4.69) is 5.32 Å². The van der Waals surface area contributed by atoms with Crippen molar-refractivity contribution in [3.8, 4) is 0 Å². The molecule has 4 aromatic carbocycles.